The summed E-state index contributed by atoms with van der Waals surface area (Å²) in [5.41, 5.74) is 0.549. The summed E-state index contributed by atoms with van der Waals surface area (Å²) < 4.78 is 0. The topological polar surface area (TPSA) is 47.6 Å². The minimum Gasteiger partial charge on any atom is -0.360 e. The fourth-order valence-electron chi connectivity index (χ4n) is 1.89. The molecule has 84 valence electrons. The molecule has 2 N–H and O–H groups in total. The van der Waals surface area contributed by atoms with Gasteiger partial charge >= 0.3 is 0 Å². The van der Waals surface area contributed by atoms with Crippen LogP contribution in [0.25, 0.3) is 0 Å². The summed E-state index contributed by atoms with van der Waals surface area (Å²) in [5, 5.41) is 6.23. The van der Waals surface area contributed by atoms with Crippen molar-refractivity contribution in [2.45, 2.75) is 26.3 Å². The summed E-state index contributed by atoms with van der Waals surface area (Å²) in [5.74, 6) is 1.00. The Balaban J connectivity index is 2.33. The monoisotopic (exact) mass is 210 g/mol. The van der Waals surface area contributed by atoms with Crippen LogP contribution in [0.2, 0.25) is 0 Å². The molecule has 0 saturated carbocycles. The smallest absolute Gasteiger partial charge is 0.275 e. The number of rotatable bonds is 0. The highest BCUT2D eigenvalue weighted by molar-refractivity contribution is 5.95. The summed E-state index contributed by atoms with van der Waals surface area (Å²) >= 11 is 0. The maximum absolute atomic E-state index is 12.1. The van der Waals surface area contributed by atoms with Gasteiger partial charge in [-0.25, -0.2) is 0 Å². The van der Waals surface area contributed by atoms with E-state index in [0.29, 0.717) is 19.0 Å². The summed E-state index contributed by atoms with van der Waals surface area (Å²) in [6, 6.07) is 0. The lowest BCUT2D eigenvalue weighted by Crippen LogP contribution is -2.55. The zero-order valence-corrected chi connectivity index (χ0v) is 9.72. The molecule has 0 unspecified atom stereocenters. The van der Waals surface area contributed by atoms with E-state index in [1.807, 2.05) is 32.7 Å². The first-order valence-electron chi connectivity index (χ1n) is 5.16. The molecule has 2 aliphatic heterocycles. The van der Waals surface area contributed by atoms with Gasteiger partial charge in [-0.15, -0.1) is 0 Å². The quantitative estimate of drug-likeness (QED) is 0.583. The molecule has 0 spiro atoms. The third kappa shape index (κ3) is 1.52. The van der Waals surface area contributed by atoms with Crippen molar-refractivity contribution < 1.29 is 4.79 Å². The highest BCUT2D eigenvalue weighted by Gasteiger charge is 2.37. The molecular weight excluding hydrogens is 192 g/mol. The molecule has 2 aliphatic rings. The van der Waals surface area contributed by atoms with Gasteiger partial charge in [-0.2, -0.15) is 0 Å². The number of nitrogens with zero attached hydrogens (tertiary/aromatic N) is 2. The van der Waals surface area contributed by atoms with Crippen LogP contribution in [-0.2, 0) is 4.79 Å². The predicted octanol–water partition coefficient (Wildman–Crippen LogP) is -0.164. The van der Waals surface area contributed by atoms with Gasteiger partial charge in [0.15, 0.2) is 0 Å². The second-order valence-corrected chi connectivity index (χ2v) is 5.00. The largest absolute Gasteiger partial charge is 0.360 e. The Bertz CT molecular complexity index is 329. The molecule has 0 saturated heterocycles. The molecule has 5 heteroatoms. The van der Waals surface area contributed by atoms with Crippen molar-refractivity contribution >= 4 is 5.91 Å². The predicted molar refractivity (Wildman–Crippen MR) is 57.4 cm³/mol. The van der Waals surface area contributed by atoms with Gasteiger partial charge < -0.3 is 20.4 Å². The van der Waals surface area contributed by atoms with Crippen LogP contribution in [0.1, 0.15) is 20.8 Å². The van der Waals surface area contributed by atoms with Crippen LogP contribution < -0.4 is 10.6 Å². The van der Waals surface area contributed by atoms with Crippen LogP contribution in [0.15, 0.2) is 11.5 Å². The number of hydrogen-bond donors (Lipinski definition) is 2. The highest BCUT2D eigenvalue weighted by atomic mass is 16.2. The molecule has 0 aromatic heterocycles. The van der Waals surface area contributed by atoms with Crippen molar-refractivity contribution in [1.29, 1.82) is 0 Å². The standard InChI is InChI=1S/C10H18N4O/c1-10(2,3)14-6-13(4)8-7(9(14)15)11-5-12-8/h11-12H,5-6H2,1-4H3. The van der Waals surface area contributed by atoms with Gasteiger partial charge in [0.1, 0.15) is 11.5 Å². The fraction of sp³-hybridized carbons (Fsp3) is 0.700. The van der Waals surface area contributed by atoms with Gasteiger partial charge in [0.25, 0.3) is 5.91 Å². The summed E-state index contributed by atoms with van der Waals surface area (Å²) in [6.45, 7) is 7.42. The van der Waals surface area contributed by atoms with Crippen molar-refractivity contribution in [2.75, 3.05) is 20.4 Å². The number of nitrogens with one attached hydrogen (secondary N) is 2. The minimum absolute atomic E-state index is 0.0839. The molecule has 2 heterocycles. The van der Waals surface area contributed by atoms with E-state index in [1.54, 1.807) is 0 Å². The number of amides is 1. The highest BCUT2D eigenvalue weighted by Crippen LogP contribution is 2.24. The Kier molecular flexibility index (Phi) is 2.06. The average Bonchev–Trinajstić information content (AvgIpc) is 2.58. The van der Waals surface area contributed by atoms with Crippen molar-refractivity contribution in [3.63, 3.8) is 0 Å². The van der Waals surface area contributed by atoms with Crippen LogP contribution >= 0.6 is 0 Å². The molecule has 0 radical (unpaired) electrons. The zero-order valence-electron chi connectivity index (χ0n) is 9.72. The Morgan fingerprint density at radius 3 is 2.53 bits per heavy atom. The maximum atomic E-state index is 12.1. The van der Waals surface area contributed by atoms with E-state index < -0.39 is 0 Å². The lowest BCUT2D eigenvalue weighted by atomic mass is 10.1. The number of carbonyl (C=O) groups excluding carboxylic acids is 1. The molecule has 1 amide bonds. The molecule has 0 aromatic carbocycles. The van der Waals surface area contributed by atoms with Gasteiger partial charge in [0.05, 0.1) is 13.3 Å². The second-order valence-electron chi connectivity index (χ2n) is 5.00. The Morgan fingerprint density at radius 2 is 1.93 bits per heavy atom. The molecule has 0 atom stereocenters. The first kappa shape index (κ1) is 10.1. The minimum atomic E-state index is -0.145. The summed E-state index contributed by atoms with van der Waals surface area (Å²) in [7, 11) is 1.99. The third-order valence-corrected chi connectivity index (χ3v) is 2.76. The molecule has 5 nitrogen and oxygen atoms in total. The Labute approximate surface area is 90.1 Å². The van der Waals surface area contributed by atoms with Gasteiger partial charge in [-0.05, 0) is 20.8 Å². The normalized spacial score (nSPS) is 21.5. The molecule has 0 aliphatic carbocycles. The van der Waals surface area contributed by atoms with E-state index in [-0.39, 0.29) is 11.4 Å². The Morgan fingerprint density at radius 1 is 1.27 bits per heavy atom. The molecule has 0 aromatic rings. The van der Waals surface area contributed by atoms with Crippen molar-refractivity contribution in [3.05, 3.63) is 11.5 Å². The molecule has 0 fully saturated rings. The van der Waals surface area contributed by atoms with Crippen molar-refractivity contribution in [3.8, 4) is 0 Å². The lowest BCUT2D eigenvalue weighted by Gasteiger charge is -2.42. The van der Waals surface area contributed by atoms with Crippen LogP contribution in [0.3, 0.4) is 0 Å². The van der Waals surface area contributed by atoms with E-state index in [0.717, 1.165) is 5.82 Å². The molecule has 15 heavy (non-hydrogen) atoms. The van der Waals surface area contributed by atoms with Crippen LogP contribution in [0.4, 0.5) is 0 Å². The van der Waals surface area contributed by atoms with E-state index in [9.17, 15) is 4.79 Å². The zero-order chi connectivity index (χ0) is 11.2. The van der Waals surface area contributed by atoms with Gasteiger partial charge in [0, 0.05) is 12.6 Å². The van der Waals surface area contributed by atoms with Crippen LogP contribution in [-0.4, -0.2) is 41.6 Å². The van der Waals surface area contributed by atoms with Gasteiger partial charge in [0.2, 0.25) is 0 Å². The van der Waals surface area contributed by atoms with Gasteiger partial charge in [-0.1, -0.05) is 0 Å². The fourth-order valence-corrected chi connectivity index (χ4v) is 1.89. The number of carbonyl (C=O) groups is 1. The first-order chi connectivity index (χ1) is 6.91. The number of hydrogen-bond acceptors (Lipinski definition) is 4. The van der Waals surface area contributed by atoms with E-state index >= 15 is 0 Å². The molecular formula is C10H18N4O. The second kappa shape index (κ2) is 3.05. The van der Waals surface area contributed by atoms with E-state index in [4.69, 9.17) is 0 Å². The van der Waals surface area contributed by atoms with Gasteiger partial charge in [-0.3, -0.25) is 4.79 Å². The van der Waals surface area contributed by atoms with Crippen molar-refractivity contribution in [1.82, 2.24) is 20.4 Å². The third-order valence-electron chi connectivity index (χ3n) is 2.76. The maximum Gasteiger partial charge on any atom is 0.275 e. The molecule has 2 rings (SSSR count). The SMILES string of the molecule is CN1CN(C(C)(C)C)C(=O)C2=C1NCN2. The van der Waals surface area contributed by atoms with E-state index in [2.05, 4.69) is 15.5 Å². The summed E-state index contributed by atoms with van der Waals surface area (Å²) in [6.07, 6.45) is 0. The lowest BCUT2D eigenvalue weighted by molar-refractivity contribution is -0.136. The van der Waals surface area contributed by atoms with Crippen molar-refractivity contribution in [2.24, 2.45) is 0 Å². The summed E-state index contributed by atoms with van der Waals surface area (Å²) in [4.78, 5) is 16.1. The van der Waals surface area contributed by atoms with E-state index in [1.165, 1.54) is 0 Å². The average molecular weight is 210 g/mol. The van der Waals surface area contributed by atoms with Crippen LogP contribution in [0, 0.1) is 0 Å². The van der Waals surface area contributed by atoms with Crippen LogP contribution in [0.5, 0.6) is 0 Å². The first-order valence-corrected chi connectivity index (χ1v) is 5.16. The molecule has 0 bridgehead atoms. The Hall–Kier alpha value is -1.39.